The molecule has 0 aliphatic heterocycles. The quantitative estimate of drug-likeness (QED) is 0.819. The predicted molar refractivity (Wildman–Crippen MR) is 58.9 cm³/mol. The van der Waals surface area contributed by atoms with E-state index in [0.29, 0.717) is 11.6 Å². The molecule has 0 spiro atoms. The number of hydrogen-bond donors (Lipinski definition) is 1. The summed E-state index contributed by atoms with van der Waals surface area (Å²) in [5.41, 5.74) is 0. The lowest BCUT2D eigenvalue weighted by atomic mass is 10.3. The van der Waals surface area contributed by atoms with E-state index in [4.69, 9.17) is 22.2 Å². The van der Waals surface area contributed by atoms with Gasteiger partial charge in [-0.2, -0.15) is 0 Å². The molecule has 0 heterocycles. The second-order valence-corrected chi connectivity index (χ2v) is 3.15. The molecular formula is C9H13Cl2NO2. The highest BCUT2D eigenvalue weighted by molar-refractivity contribution is 6.30. The Morgan fingerprint density at radius 1 is 1.36 bits per heavy atom. The van der Waals surface area contributed by atoms with E-state index in [2.05, 4.69) is 4.84 Å². The van der Waals surface area contributed by atoms with Crippen molar-refractivity contribution in [1.82, 2.24) is 0 Å². The van der Waals surface area contributed by atoms with E-state index in [9.17, 15) is 0 Å². The first-order valence-electron chi connectivity index (χ1n) is 3.96. The maximum absolute atomic E-state index is 5.71. The molecule has 5 heteroatoms. The minimum absolute atomic E-state index is 0. The third-order valence-electron chi connectivity index (χ3n) is 1.48. The van der Waals surface area contributed by atoms with Crippen LogP contribution in [0.15, 0.2) is 24.3 Å². The summed E-state index contributed by atoms with van der Waals surface area (Å²) in [5.74, 6) is 5.66. The summed E-state index contributed by atoms with van der Waals surface area (Å²) in [6.07, 6.45) is -0.0637. The van der Waals surface area contributed by atoms with Crippen molar-refractivity contribution in [2.75, 3.05) is 6.61 Å². The first kappa shape index (κ1) is 13.5. The second-order valence-electron chi connectivity index (χ2n) is 2.72. The molecule has 1 rings (SSSR count). The van der Waals surface area contributed by atoms with Crippen LogP contribution < -0.4 is 10.6 Å². The van der Waals surface area contributed by atoms with Crippen molar-refractivity contribution in [3.8, 4) is 5.75 Å². The Balaban J connectivity index is 0.00000169. The molecule has 0 aliphatic rings. The molecule has 0 aliphatic carbocycles. The van der Waals surface area contributed by atoms with E-state index in [-0.39, 0.29) is 18.5 Å². The summed E-state index contributed by atoms with van der Waals surface area (Å²) in [6, 6.07) is 7.14. The Morgan fingerprint density at radius 2 is 1.93 bits per heavy atom. The van der Waals surface area contributed by atoms with Gasteiger partial charge in [0.05, 0.1) is 0 Å². The van der Waals surface area contributed by atoms with E-state index < -0.39 is 0 Å². The van der Waals surface area contributed by atoms with Gasteiger partial charge in [-0.15, -0.1) is 12.4 Å². The monoisotopic (exact) mass is 237 g/mol. The third-order valence-corrected chi connectivity index (χ3v) is 1.73. The maximum atomic E-state index is 5.71. The maximum Gasteiger partial charge on any atom is 0.121 e. The fourth-order valence-corrected chi connectivity index (χ4v) is 1.04. The fraction of sp³-hybridized carbons (Fsp3) is 0.333. The van der Waals surface area contributed by atoms with Crippen LogP contribution in [0.1, 0.15) is 6.92 Å². The van der Waals surface area contributed by atoms with Gasteiger partial charge in [-0.05, 0) is 31.2 Å². The molecular weight excluding hydrogens is 225 g/mol. The molecule has 2 N–H and O–H groups in total. The average Bonchev–Trinajstić information content (AvgIpc) is 2.09. The molecule has 0 amide bonds. The highest BCUT2D eigenvalue weighted by Gasteiger charge is 2.02. The molecule has 0 fully saturated rings. The van der Waals surface area contributed by atoms with Gasteiger partial charge in [-0.25, -0.2) is 5.90 Å². The third kappa shape index (κ3) is 4.67. The van der Waals surface area contributed by atoms with E-state index in [1.165, 1.54) is 0 Å². The summed E-state index contributed by atoms with van der Waals surface area (Å²) in [5, 5.41) is 0.690. The van der Waals surface area contributed by atoms with Gasteiger partial charge in [0.25, 0.3) is 0 Å². The first-order chi connectivity index (χ1) is 6.22. The highest BCUT2D eigenvalue weighted by atomic mass is 35.5. The van der Waals surface area contributed by atoms with Crippen LogP contribution in [0.2, 0.25) is 5.02 Å². The molecule has 0 radical (unpaired) electrons. The number of hydrogen-bond acceptors (Lipinski definition) is 3. The van der Waals surface area contributed by atoms with Crippen LogP contribution in [0.4, 0.5) is 0 Å². The van der Waals surface area contributed by atoms with Crippen molar-refractivity contribution in [2.24, 2.45) is 5.90 Å². The van der Waals surface area contributed by atoms with Crippen molar-refractivity contribution < 1.29 is 9.57 Å². The number of halogens is 2. The Morgan fingerprint density at radius 3 is 2.43 bits per heavy atom. The topological polar surface area (TPSA) is 44.5 Å². The standard InChI is InChI=1S/C9H12ClNO2.ClH/c1-7(6-12-11)13-9-4-2-8(10)3-5-9;/h2-5,7H,6,11H2,1H3;1H/t7-;/m0./s1. The van der Waals surface area contributed by atoms with Crippen LogP contribution in [0, 0.1) is 0 Å². The minimum Gasteiger partial charge on any atom is -0.488 e. The van der Waals surface area contributed by atoms with Crippen molar-refractivity contribution in [3.05, 3.63) is 29.3 Å². The molecule has 3 nitrogen and oxygen atoms in total. The molecule has 14 heavy (non-hydrogen) atoms. The van der Waals surface area contributed by atoms with Crippen LogP contribution in [0.25, 0.3) is 0 Å². The number of nitrogens with two attached hydrogens (primary N) is 1. The molecule has 0 aromatic heterocycles. The lowest BCUT2D eigenvalue weighted by molar-refractivity contribution is 0.0589. The zero-order valence-electron chi connectivity index (χ0n) is 7.77. The van der Waals surface area contributed by atoms with E-state index >= 15 is 0 Å². The lowest BCUT2D eigenvalue weighted by Crippen LogP contribution is -2.21. The Kier molecular flexibility index (Phi) is 6.66. The van der Waals surface area contributed by atoms with Crippen LogP contribution in [0.3, 0.4) is 0 Å². The number of rotatable bonds is 4. The molecule has 0 bridgehead atoms. The molecule has 1 atom stereocenters. The number of ether oxygens (including phenoxy) is 1. The summed E-state index contributed by atoms with van der Waals surface area (Å²) in [4.78, 5) is 4.45. The van der Waals surface area contributed by atoms with Crippen molar-refractivity contribution in [3.63, 3.8) is 0 Å². The zero-order valence-corrected chi connectivity index (χ0v) is 9.35. The average molecular weight is 238 g/mol. The Labute approximate surface area is 94.5 Å². The molecule has 1 aromatic rings. The second kappa shape index (κ2) is 6.90. The van der Waals surface area contributed by atoms with Gasteiger partial charge in [0.15, 0.2) is 0 Å². The van der Waals surface area contributed by atoms with Crippen LogP contribution in [-0.4, -0.2) is 12.7 Å². The van der Waals surface area contributed by atoms with Crippen LogP contribution in [0.5, 0.6) is 5.75 Å². The lowest BCUT2D eigenvalue weighted by Gasteiger charge is -2.12. The van der Waals surface area contributed by atoms with Crippen molar-refractivity contribution >= 4 is 24.0 Å². The van der Waals surface area contributed by atoms with Crippen LogP contribution in [-0.2, 0) is 4.84 Å². The molecule has 0 saturated carbocycles. The van der Waals surface area contributed by atoms with E-state index in [0.717, 1.165) is 5.75 Å². The van der Waals surface area contributed by atoms with Gasteiger partial charge in [0.2, 0.25) is 0 Å². The Bertz CT molecular complexity index is 253. The zero-order chi connectivity index (χ0) is 9.68. The fourth-order valence-electron chi connectivity index (χ4n) is 0.915. The SMILES string of the molecule is C[C@@H](CON)Oc1ccc(Cl)cc1.Cl. The largest absolute Gasteiger partial charge is 0.488 e. The molecule has 0 saturated heterocycles. The highest BCUT2D eigenvalue weighted by Crippen LogP contribution is 2.16. The minimum atomic E-state index is -0.0637. The molecule has 80 valence electrons. The van der Waals surface area contributed by atoms with Gasteiger partial charge < -0.3 is 9.57 Å². The summed E-state index contributed by atoms with van der Waals surface area (Å²) >= 11 is 5.71. The smallest absolute Gasteiger partial charge is 0.121 e. The molecule has 1 aromatic carbocycles. The first-order valence-corrected chi connectivity index (χ1v) is 4.34. The van der Waals surface area contributed by atoms with Gasteiger partial charge in [-0.3, -0.25) is 0 Å². The Hall–Kier alpha value is -0.480. The summed E-state index contributed by atoms with van der Waals surface area (Å²) in [7, 11) is 0. The van der Waals surface area contributed by atoms with Gasteiger partial charge in [0.1, 0.15) is 18.5 Å². The summed E-state index contributed by atoms with van der Waals surface area (Å²) in [6.45, 7) is 2.24. The number of benzene rings is 1. The summed E-state index contributed by atoms with van der Waals surface area (Å²) < 4.78 is 5.45. The normalized spacial score (nSPS) is 11.6. The van der Waals surface area contributed by atoms with E-state index in [1.807, 2.05) is 6.92 Å². The van der Waals surface area contributed by atoms with Crippen molar-refractivity contribution in [2.45, 2.75) is 13.0 Å². The predicted octanol–water partition coefficient (Wildman–Crippen LogP) is 2.42. The van der Waals surface area contributed by atoms with Gasteiger partial charge in [0, 0.05) is 5.02 Å². The van der Waals surface area contributed by atoms with E-state index in [1.54, 1.807) is 24.3 Å². The molecule has 0 unspecified atom stereocenters. The van der Waals surface area contributed by atoms with Gasteiger partial charge in [-0.1, -0.05) is 11.6 Å². The van der Waals surface area contributed by atoms with Crippen LogP contribution >= 0.6 is 24.0 Å². The van der Waals surface area contributed by atoms with Crippen molar-refractivity contribution in [1.29, 1.82) is 0 Å². The van der Waals surface area contributed by atoms with Gasteiger partial charge >= 0.3 is 0 Å².